The molecule has 0 saturated heterocycles. The van der Waals surface area contributed by atoms with Crippen LogP contribution in [-0.2, 0) is 28.6 Å². The molecule has 0 amide bonds. The summed E-state index contributed by atoms with van der Waals surface area (Å²) in [6.07, 6.45) is 40.9. The van der Waals surface area contributed by atoms with Gasteiger partial charge in [-0.2, -0.15) is 0 Å². The van der Waals surface area contributed by atoms with Gasteiger partial charge in [-0.3, -0.25) is 14.4 Å². The summed E-state index contributed by atoms with van der Waals surface area (Å²) in [5.41, 5.74) is 0. The second kappa shape index (κ2) is 42.0. The van der Waals surface area contributed by atoms with Gasteiger partial charge in [0.25, 0.3) is 0 Å². The topological polar surface area (TPSA) is 78.9 Å². The van der Waals surface area contributed by atoms with E-state index < -0.39 is 6.10 Å². The molecule has 0 unspecified atom stereocenters. The zero-order chi connectivity index (χ0) is 40.5. The number of hydrogen-bond acceptors (Lipinski definition) is 6. The number of carbonyl (C=O) groups excluding carboxylic acids is 3. The third-order valence-electron chi connectivity index (χ3n) is 11.0. The maximum absolute atomic E-state index is 12.7. The molecule has 0 aliphatic heterocycles. The highest BCUT2D eigenvalue weighted by atomic mass is 16.6. The van der Waals surface area contributed by atoms with Crippen molar-refractivity contribution in [1.29, 1.82) is 0 Å². The highest BCUT2D eigenvalue weighted by Gasteiger charge is 2.19. The predicted octanol–water partition coefficient (Wildman–Crippen LogP) is 15.4. The molecule has 0 fully saturated rings. The zero-order valence-corrected chi connectivity index (χ0v) is 37.6. The van der Waals surface area contributed by atoms with E-state index in [0.29, 0.717) is 19.3 Å². The van der Waals surface area contributed by atoms with E-state index >= 15 is 0 Å². The van der Waals surface area contributed by atoms with Gasteiger partial charge in [0.1, 0.15) is 13.2 Å². The van der Waals surface area contributed by atoms with Crippen LogP contribution in [0.15, 0.2) is 0 Å². The molecule has 0 aromatic carbocycles. The Morgan fingerprint density at radius 2 is 0.600 bits per heavy atom. The van der Waals surface area contributed by atoms with Crippen molar-refractivity contribution in [3.8, 4) is 0 Å². The van der Waals surface area contributed by atoms with Gasteiger partial charge >= 0.3 is 17.9 Å². The van der Waals surface area contributed by atoms with Gasteiger partial charge in [-0.15, -0.1) is 0 Å². The second-order valence-electron chi connectivity index (χ2n) is 17.7. The second-order valence-corrected chi connectivity index (χ2v) is 17.7. The molecular weight excluding hydrogens is 685 g/mol. The molecule has 0 aliphatic carbocycles. The first-order valence-corrected chi connectivity index (χ1v) is 24.2. The van der Waals surface area contributed by atoms with Crippen molar-refractivity contribution in [3.05, 3.63) is 0 Å². The molecule has 6 heteroatoms. The Hall–Kier alpha value is -1.59. The normalized spacial score (nSPS) is 12.1. The average molecular weight is 779 g/mol. The smallest absolute Gasteiger partial charge is 0.306 e. The molecule has 55 heavy (non-hydrogen) atoms. The van der Waals surface area contributed by atoms with Gasteiger partial charge in [-0.05, 0) is 31.1 Å². The van der Waals surface area contributed by atoms with Crippen LogP contribution in [0.3, 0.4) is 0 Å². The molecule has 0 aliphatic rings. The van der Waals surface area contributed by atoms with Crippen LogP contribution < -0.4 is 0 Å². The fourth-order valence-corrected chi connectivity index (χ4v) is 7.28. The third kappa shape index (κ3) is 43.4. The quantitative estimate of drug-likeness (QED) is 0.0348. The lowest BCUT2D eigenvalue weighted by molar-refractivity contribution is -0.167. The van der Waals surface area contributed by atoms with Crippen molar-refractivity contribution in [3.63, 3.8) is 0 Å². The number of ether oxygens (including phenoxy) is 3. The van der Waals surface area contributed by atoms with Gasteiger partial charge in [0, 0.05) is 19.3 Å². The van der Waals surface area contributed by atoms with Gasteiger partial charge in [0.05, 0.1) is 0 Å². The molecule has 0 aromatic heterocycles. The van der Waals surface area contributed by atoms with Crippen molar-refractivity contribution in [2.45, 2.75) is 272 Å². The van der Waals surface area contributed by atoms with E-state index in [4.69, 9.17) is 14.2 Å². The van der Waals surface area contributed by atoms with Gasteiger partial charge in [-0.25, -0.2) is 0 Å². The van der Waals surface area contributed by atoms with E-state index in [1.165, 1.54) is 154 Å². The molecule has 0 radical (unpaired) electrons. The number of carbonyl (C=O) groups is 3. The minimum Gasteiger partial charge on any atom is -0.462 e. The minimum absolute atomic E-state index is 0.0646. The Kier molecular flexibility index (Phi) is 40.8. The summed E-state index contributed by atoms with van der Waals surface area (Å²) >= 11 is 0. The van der Waals surface area contributed by atoms with Crippen LogP contribution in [0.5, 0.6) is 0 Å². The van der Waals surface area contributed by atoms with Crippen LogP contribution in [0.2, 0.25) is 0 Å². The van der Waals surface area contributed by atoms with Crippen LogP contribution >= 0.6 is 0 Å². The Morgan fingerprint density at radius 1 is 0.345 bits per heavy atom. The fourth-order valence-electron chi connectivity index (χ4n) is 7.28. The Labute approximate surface area is 342 Å². The van der Waals surface area contributed by atoms with E-state index in [1.807, 2.05) is 0 Å². The first kappa shape index (κ1) is 53.4. The first-order chi connectivity index (χ1) is 26.7. The molecule has 0 N–H and O–H groups in total. The largest absolute Gasteiger partial charge is 0.462 e. The lowest BCUT2D eigenvalue weighted by atomic mass is 10.0. The molecule has 326 valence electrons. The lowest BCUT2D eigenvalue weighted by Crippen LogP contribution is -2.30. The van der Waals surface area contributed by atoms with Crippen LogP contribution in [0.4, 0.5) is 0 Å². The molecule has 0 aromatic rings. The van der Waals surface area contributed by atoms with Crippen molar-refractivity contribution < 1.29 is 28.6 Å². The third-order valence-corrected chi connectivity index (χ3v) is 11.0. The molecule has 0 rings (SSSR count). The summed E-state index contributed by atoms with van der Waals surface area (Å²) < 4.78 is 16.8. The molecule has 0 spiro atoms. The highest BCUT2D eigenvalue weighted by Crippen LogP contribution is 2.17. The number of hydrogen-bond donors (Lipinski definition) is 0. The van der Waals surface area contributed by atoms with Crippen molar-refractivity contribution in [2.75, 3.05) is 13.2 Å². The molecule has 6 nitrogen and oxygen atoms in total. The van der Waals surface area contributed by atoms with E-state index in [2.05, 4.69) is 34.6 Å². The minimum atomic E-state index is -0.761. The van der Waals surface area contributed by atoms with Gasteiger partial charge in [0.2, 0.25) is 0 Å². The van der Waals surface area contributed by atoms with E-state index in [-0.39, 0.29) is 31.1 Å². The van der Waals surface area contributed by atoms with Crippen molar-refractivity contribution in [2.24, 2.45) is 11.8 Å². The average Bonchev–Trinajstić information content (AvgIpc) is 3.15. The molecule has 0 heterocycles. The Bertz CT molecular complexity index is 839. The van der Waals surface area contributed by atoms with Gasteiger partial charge in [-0.1, -0.05) is 227 Å². The standard InChI is InChI=1S/C49H94O6/c1-6-7-8-9-10-11-12-13-14-18-24-29-34-39-47(50)53-42-46(55-49(52)41-36-31-26-21-20-23-28-33-38-45(4)5)43-54-48(51)40-35-30-25-19-16-15-17-22-27-32-37-44(2)3/h44-46H,6-43H2,1-5H3/t46-/m0/s1. The van der Waals surface area contributed by atoms with Crippen LogP contribution in [-0.4, -0.2) is 37.2 Å². The number of rotatable bonds is 43. The first-order valence-electron chi connectivity index (χ1n) is 24.2. The SMILES string of the molecule is CCCCCCCCCCCCCCCC(=O)OC[C@@H](COC(=O)CCCCCCCCCCCCC(C)C)OC(=O)CCCCCCCCCCC(C)C. The van der Waals surface area contributed by atoms with E-state index in [1.54, 1.807) is 0 Å². The van der Waals surface area contributed by atoms with Crippen LogP contribution in [0.25, 0.3) is 0 Å². The monoisotopic (exact) mass is 779 g/mol. The van der Waals surface area contributed by atoms with E-state index in [9.17, 15) is 14.4 Å². The summed E-state index contributed by atoms with van der Waals surface area (Å²) in [5, 5.41) is 0. The summed E-state index contributed by atoms with van der Waals surface area (Å²) in [5.74, 6) is 0.757. The van der Waals surface area contributed by atoms with Gasteiger partial charge < -0.3 is 14.2 Å². The van der Waals surface area contributed by atoms with Crippen LogP contribution in [0.1, 0.15) is 266 Å². The maximum atomic E-state index is 12.7. The number of esters is 3. The molecule has 0 saturated carbocycles. The summed E-state index contributed by atoms with van der Waals surface area (Å²) in [6, 6.07) is 0. The summed E-state index contributed by atoms with van der Waals surface area (Å²) in [4.78, 5) is 37.8. The highest BCUT2D eigenvalue weighted by molar-refractivity contribution is 5.71. The molecule has 1 atom stereocenters. The van der Waals surface area contributed by atoms with Gasteiger partial charge in [0.15, 0.2) is 6.10 Å². The molecular formula is C49H94O6. The van der Waals surface area contributed by atoms with Crippen molar-refractivity contribution >= 4 is 17.9 Å². The predicted molar refractivity (Wildman–Crippen MR) is 233 cm³/mol. The maximum Gasteiger partial charge on any atom is 0.306 e. The molecule has 0 bridgehead atoms. The van der Waals surface area contributed by atoms with Crippen LogP contribution in [0, 0.1) is 11.8 Å². The zero-order valence-electron chi connectivity index (χ0n) is 37.6. The van der Waals surface area contributed by atoms with Crippen molar-refractivity contribution in [1.82, 2.24) is 0 Å². The lowest BCUT2D eigenvalue weighted by Gasteiger charge is -2.18. The summed E-state index contributed by atoms with van der Waals surface area (Å²) in [7, 11) is 0. The Morgan fingerprint density at radius 3 is 0.891 bits per heavy atom. The fraction of sp³-hybridized carbons (Fsp3) is 0.939. The Balaban J connectivity index is 4.32. The van der Waals surface area contributed by atoms with E-state index in [0.717, 1.165) is 69.6 Å². The number of unbranched alkanes of at least 4 members (excludes halogenated alkanes) is 28. The summed E-state index contributed by atoms with van der Waals surface area (Å²) in [6.45, 7) is 11.3.